The van der Waals surface area contributed by atoms with Gasteiger partial charge in [0, 0.05) is 19.1 Å². The normalized spacial score (nSPS) is 19.5. The zero-order chi connectivity index (χ0) is 11.7. The Labute approximate surface area is 93.2 Å². The van der Waals surface area contributed by atoms with Crippen LogP contribution in [0.1, 0.15) is 27.1 Å². The highest BCUT2D eigenvalue weighted by atomic mass is 16.5. The summed E-state index contributed by atoms with van der Waals surface area (Å²) in [5.74, 6) is 0.160. The van der Waals surface area contributed by atoms with E-state index in [1.807, 2.05) is 0 Å². The van der Waals surface area contributed by atoms with Crippen molar-refractivity contribution in [3.8, 4) is 5.75 Å². The third-order valence-corrected chi connectivity index (χ3v) is 2.74. The molecular formula is C12H12O4. The minimum absolute atomic E-state index is 0.0830. The zero-order valence-corrected chi connectivity index (χ0v) is 9.15. The molecule has 0 heterocycles. The summed E-state index contributed by atoms with van der Waals surface area (Å²) in [5, 5.41) is 0. The van der Waals surface area contributed by atoms with Crippen molar-refractivity contribution in [2.24, 2.45) is 0 Å². The van der Waals surface area contributed by atoms with Crippen molar-refractivity contribution in [2.75, 3.05) is 14.2 Å². The topological polar surface area (TPSA) is 52.6 Å². The Hall–Kier alpha value is -1.68. The maximum Gasteiger partial charge on any atom is 0.196 e. The molecule has 0 bridgehead atoms. The molecule has 4 nitrogen and oxygen atoms in total. The van der Waals surface area contributed by atoms with Gasteiger partial charge in [-0.25, -0.2) is 0 Å². The van der Waals surface area contributed by atoms with E-state index in [4.69, 9.17) is 9.47 Å². The second-order valence-electron chi connectivity index (χ2n) is 3.60. The quantitative estimate of drug-likeness (QED) is 0.757. The van der Waals surface area contributed by atoms with Crippen LogP contribution in [0.2, 0.25) is 0 Å². The third kappa shape index (κ3) is 1.51. The minimum atomic E-state index is -0.684. The molecule has 16 heavy (non-hydrogen) atoms. The smallest absolute Gasteiger partial charge is 0.196 e. The highest BCUT2D eigenvalue weighted by molar-refractivity contribution is 6.17. The molecular weight excluding hydrogens is 208 g/mol. The lowest BCUT2D eigenvalue weighted by Crippen LogP contribution is -2.33. The third-order valence-electron chi connectivity index (χ3n) is 2.74. The van der Waals surface area contributed by atoms with Crippen LogP contribution in [-0.4, -0.2) is 31.9 Å². The first kappa shape index (κ1) is 10.8. The molecule has 1 aliphatic carbocycles. The number of ketones is 2. The molecule has 0 aromatic heterocycles. The second-order valence-corrected chi connectivity index (χ2v) is 3.60. The van der Waals surface area contributed by atoms with Crippen molar-refractivity contribution in [1.29, 1.82) is 0 Å². The van der Waals surface area contributed by atoms with Crippen molar-refractivity contribution >= 4 is 11.6 Å². The number of methoxy groups -OCH3 is 2. The van der Waals surface area contributed by atoms with Crippen LogP contribution in [0.5, 0.6) is 5.75 Å². The molecule has 84 valence electrons. The number of rotatable bonds is 2. The van der Waals surface area contributed by atoms with Crippen molar-refractivity contribution in [3.05, 3.63) is 29.3 Å². The van der Waals surface area contributed by atoms with Gasteiger partial charge in [0.15, 0.2) is 11.6 Å². The van der Waals surface area contributed by atoms with Gasteiger partial charge in [-0.3, -0.25) is 9.59 Å². The molecule has 0 aliphatic heterocycles. The van der Waals surface area contributed by atoms with Gasteiger partial charge in [-0.1, -0.05) is 12.1 Å². The molecule has 0 fully saturated rings. The molecule has 2 rings (SSSR count). The molecule has 1 aromatic carbocycles. The van der Waals surface area contributed by atoms with Gasteiger partial charge in [-0.05, 0) is 6.07 Å². The molecule has 1 aliphatic rings. The van der Waals surface area contributed by atoms with E-state index in [1.54, 1.807) is 18.2 Å². The molecule has 0 spiro atoms. The lowest BCUT2D eigenvalue weighted by atomic mass is 9.87. The van der Waals surface area contributed by atoms with Crippen LogP contribution in [0, 0.1) is 0 Å². The van der Waals surface area contributed by atoms with Gasteiger partial charge in [0.2, 0.25) is 0 Å². The fourth-order valence-electron chi connectivity index (χ4n) is 1.91. The fraction of sp³-hybridized carbons (Fsp3) is 0.333. The number of benzene rings is 1. The molecule has 1 aromatic rings. The van der Waals surface area contributed by atoms with Crippen molar-refractivity contribution in [2.45, 2.75) is 12.5 Å². The second kappa shape index (κ2) is 4.06. The van der Waals surface area contributed by atoms with Crippen LogP contribution in [0.4, 0.5) is 0 Å². The average molecular weight is 220 g/mol. The van der Waals surface area contributed by atoms with E-state index < -0.39 is 6.10 Å². The summed E-state index contributed by atoms with van der Waals surface area (Å²) in [6.07, 6.45) is -0.577. The standard InChI is InChI=1S/C12H12O4/c1-15-9-5-3-4-7-8(13)6-10(16-2)12(14)11(7)9/h3-5,10H,6H2,1-2H3. The fourth-order valence-corrected chi connectivity index (χ4v) is 1.91. The predicted octanol–water partition coefficient (Wildman–Crippen LogP) is 1.48. The lowest BCUT2D eigenvalue weighted by molar-refractivity contribution is 0.0516. The van der Waals surface area contributed by atoms with Gasteiger partial charge < -0.3 is 9.47 Å². The number of hydrogen-bond acceptors (Lipinski definition) is 4. The molecule has 0 saturated carbocycles. The summed E-state index contributed by atoms with van der Waals surface area (Å²) >= 11 is 0. The number of carbonyl (C=O) groups is 2. The Balaban J connectivity index is 2.60. The summed E-state index contributed by atoms with van der Waals surface area (Å²) in [6.45, 7) is 0. The molecule has 4 heteroatoms. The van der Waals surface area contributed by atoms with E-state index in [9.17, 15) is 9.59 Å². The van der Waals surface area contributed by atoms with Gasteiger partial charge in [-0.2, -0.15) is 0 Å². The summed E-state index contributed by atoms with van der Waals surface area (Å²) in [6, 6.07) is 5.02. The molecule has 0 N–H and O–H groups in total. The SMILES string of the molecule is COc1cccc2c1C(=O)C(OC)CC2=O. The highest BCUT2D eigenvalue weighted by Gasteiger charge is 2.34. The van der Waals surface area contributed by atoms with Crippen molar-refractivity contribution in [1.82, 2.24) is 0 Å². The Morgan fingerprint density at radius 3 is 2.62 bits per heavy atom. The van der Waals surface area contributed by atoms with E-state index in [2.05, 4.69) is 0 Å². The molecule has 1 atom stereocenters. The number of Topliss-reactive ketones (excluding diaryl/α,β-unsaturated/α-hetero) is 2. The average Bonchev–Trinajstić information content (AvgIpc) is 2.32. The Morgan fingerprint density at radius 1 is 1.25 bits per heavy atom. The van der Waals surface area contributed by atoms with Gasteiger partial charge in [-0.15, -0.1) is 0 Å². The Morgan fingerprint density at radius 2 is 2.00 bits per heavy atom. The Kier molecular flexibility index (Phi) is 2.75. The van der Waals surface area contributed by atoms with Crippen LogP contribution in [0.25, 0.3) is 0 Å². The van der Waals surface area contributed by atoms with Gasteiger partial charge >= 0.3 is 0 Å². The first-order valence-electron chi connectivity index (χ1n) is 4.96. The minimum Gasteiger partial charge on any atom is -0.496 e. The Bertz CT molecular complexity index is 450. The van der Waals surface area contributed by atoms with Crippen LogP contribution in [0.15, 0.2) is 18.2 Å². The van der Waals surface area contributed by atoms with Crippen molar-refractivity contribution in [3.63, 3.8) is 0 Å². The molecule has 0 radical (unpaired) electrons. The van der Waals surface area contributed by atoms with Gasteiger partial charge in [0.1, 0.15) is 11.9 Å². The highest BCUT2D eigenvalue weighted by Crippen LogP contribution is 2.30. The summed E-state index contributed by atoms with van der Waals surface area (Å²) in [4.78, 5) is 23.8. The first-order valence-corrected chi connectivity index (χ1v) is 4.96. The van der Waals surface area contributed by atoms with E-state index in [0.717, 1.165) is 0 Å². The van der Waals surface area contributed by atoms with Crippen LogP contribution in [-0.2, 0) is 4.74 Å². The van der Waals surface area contributed by atoms with Crippen LogP contribution < -0.4 is 4.74 Å². The van der Waals surface area contributed by atoms with Gasteiger partial charge in [0.25, 0.3) is 0 Å². The van der Waals surface area contributed by atoms with Crippen LogP contribution >= 0.6 is 0 Å². The first-order chi connectivity index (χ1) is 7.69. The van der Waals surface area contributed by atoms with Gasteiger partial charge in [0.05, 0.1) is 12.7 Å². The van der Waals surface area contributed by atoms with E-state index in [1.165, 1.54) is 14.2 Å². The largest absolute Gasteiger partial charge is 0.496 e. The zero-order valence-electron chi connectivity index (χ0n) is 9.15. The summed E-state index contributed by atoms with van der Waals surface area (Å²) in [5.41, 5.74) is 0.769. The predicted molar refractivity (Wildman–Crippen MR) is 57.1 cm³/mol. The van der Waals surface area contributed by atoms with E-state index in [0.29, 0.717) is 16.9 Å². The summed E-state index contributed by atoms with van der Waals surface area (Å²) < 4.78 is 10.1. The summed E-state index contributed by atoms with van der Waals surface area (Å²) in [7, 11) is 2.90. The number of ether oxygens (including phenoxy) is 2. The monoisotopic (exact) mass is 220 g/mol. The maximum absolute atomic E-state index is 12.0. The lowest BCUT2D eigenvalue weighted by Gasteiger charge is -2.22. The van der Waals surface area contributed by atoms with Crippen molar-refractivity contribution < 1.29 is 19.1 Å². The van der Waals surface area contributed by atoms with E-state index >= 15 is 0 Å². The molecule has 0 amide bonds. The maximum atomic E-state index is 12.0. The number of fused-ring (bicyclic) bond motifs is 1. The number of hydrogen-bond donors (Lipinski definition) is 0. The van der Waals surface area contributed by atoms with Crippen LogP contribution in [0.3, 0.4) is 0 Å². The molecule has 1 unspecified atom stereocenters. The molecule has 0 saturated heterocycles. The van der Waals surface area contributed by atoms with E-state index in [-0.39, 0.29) is 18.0 Å². The number of carbonyl (C=O) groups excluding carboxylic acids is 2.